The number of carboxylic acids is 1. The van der Waals surface area contributed by atoms with E-state index in [0.717, 1.165) is 38.7 Å². The van der Waals surface area contributed by atoms with Gasteiger partial charge in [-0.1, -0.05) is 19.1 Å². The van der Waals surface area contributed by atoms with Crippen LogP contribution in [-0.4, -0.2) is 23.3 Å². The van der Waals surface area contributed by atoms with Crippen molar-refractivity contribution in [3.8, 4) is 0 Å². The first-order valence-electron chi connectivity index (χ1n) is 6.62. The van der Waals surface area contributed by atoms with E-state index >= 15 is 0 Å². The number of allylic oxidation sites excluding steroid dienone is 2. The fourth-order valence-corrected chi connectivity index (χ4v) is 2.74. The van der Waals surface area contributed by atoms with Gasteiger partial charge in [0, 0.05) is 0 Å². The second-order valence-corrected chi connectivity index (χ2v) is 5.60. The highest BCUT2D eigenvalue weighted by Gasteiger charge is 2.40. The zero-order valence-electron chi connectivity index (χ0n) is 10.5. The van der Waals surface area contributed by atoms with E-state index in [4.69, 9.17) is 9.84 Å². The lowest BCUT2D eigenvalue weighted by molar-refractivity contribution is -0.157. The number of hydrogen-bond donors (Lipinski definition) is 1. The number of carboxylic acid groups (broad SMARTS) is 1. The van der Waals surface area contributed by atoms with Gasteiger partial charge in [0.25, 0.3) is 0 Å². The van der Waals surface area contributed by atoms with Crippen LogP contribution in [0, 0.1) is 11.8 Å². The van der Waals surface area contributed by atoms with E-state index in [1.54, 1.807) is 0 Å². The Balaban J connectivity index is 1.83. The van der Waals surface area contributed by atoms with Gasteiger partial charge in [-0.2, -0.15) is 0 Å². The van der Waals surface area contributed by atoms with Gasteiger partial charge in [0.2, 0.25) is 0 Å². The van der Waals surface area contributed by atoms with E-state index in [1.807, 2.05) is 0 Å². The normalized spacial score (nSPS) is 30.9. The summed E-state index contributed by atoms with van der Waals surface area (Å²) >= 11 is 0. The maximum absolute atomic E-state index is 10.8. The van der Waals surface area contributed by atoms with Gasteiger partial charge in [-0.3, -0.25) is 4.79 Å². The lowest BCUT2D eigenvalue weighted by Gasteiger charge is -2.42. The lowest BCUT2D eigenvalue weighted by atomic mass is 9.77. The molecule has 1 N–H and O–H groups in total. The van der Waals surface area contributed by atoms with Crippen LogP contribution in [0.3, 0.4) is 0 Å². The monoisotopic (exact) mass is 238 g/mol. The van der Waals surface area contributed by atoms with Crippen molar-refractivity contribution in [1.82, 2.24) is 0 Å². The SMILES string of the molecule is CC1CC=CCC1COC1(CC(=O)O)CCC1. The Morgan fingerprint density at radius 1 is 1.41 bits per heavy atom. The van der Waals surface area contributed by atoms with E-state index < -0.39 is 5.97 Å². The van der Waals surface area contributed by atoms with Gasteiger partial charge in [0.15, 0.2) is 0 Å². The van der Waals surface area contributed by atoms with Crippen molar-refractivity contribution in [3.63, 3.8) is 0 Å². The summed E-state index contributed by atoms with van der Waals surface area (Å²) in [6, 6.07) is 0. The second kappa shape index (κ2) is 5.21. The van der Waals surface area contributed by atoms with Crippen molar-refractivity contribution in [2.45, 2.75) is 51.0 Å². The number of hydrogen-bond acceptors (Lipinski definition) is 2. The van der Waals surface area contributed by atoms with Crippen LogP contribution in [0.4, 0.5) is 0 Å². The minimum Gasteiger partial charge on any atom is -0.481 e. The molecule has 2 unspecified atom stereocenters. The first kappa shape index (κ1) is 12.6. The minimum atomic E-state index is -0.735. The van der Waals surface area contributed by atoms with Crippen LogP contribution in [0.5, 0.6) is 0 Å². The molecule has 96 valence electrons. The highest BCUT2D eigenvalue weighted by Crippen LogP contribution is 2.40. The molecular weight excluding hydrogens is 216 g/mol. The fraction of sp³-hybridized carbons (Fsp3) is 0.786. The third kappa shape index (κ3) is 3.09. The van der Waals surface area contributed by atoms with Gasteiger partial charge in [-0.05, 0) is 43.9 Å². The largest absolute Gasteiger partial charge is 0.481 e. The maximum atomic E-state index is 10.8. The van der Waals surface area contributed by atoms with Crippen molar-refractivity contribution in [2.24, 2.45) is 11.8 Å². The predicted molar refractivity (Wildman–Crippen MR) is 65.8 cm³/mol. The van der Waals surface area contributed by atoms with Crippen LogP contribution >= 0.6 is 0 Å². The summed E-state index contributed by atoms with van der Waals surface area (Å²) in [5, 5.41) is 8.91. The van der Waals surface area contributed by atoms with Crippen molar-refractivity contribution >= 4 is 5.97 Å². The Bertz CT molecular complexity index is 305. The predicted octanol–water partition coefficient (Wildman–Crippen LogP) is 3.00. The molecule has 0 amide bonds. The molecule has 17 heavy (non-hydrogen) atoms. The number of aliphatic carboxylic acids is 1. The number of rotatable bonds is 5. The Morgan fingerprint density at radius 3 is 2.65 bits per heavy atom. The van der Waals surface area contributed by atoms with E-state index in [1.165, 1.54) is 0 Å². The van der Waals surface area contributed by atoms with Crippen molar-refractivity contribution in [1.29, 1.82) is 0 Å². The standard InChI is InChI=1S/C14H22O3/c1-11-5-2-3-6-12(11)10-17-14(7-4-8-14)9-13(15)16/h2-3,11-12H,4-10H2,1H3,(H,15,16). The zero-order chi connectivity index (χ0) is 12.3. The summed E-state index contributed by atoms with van der Waals surface area (Å²) in [7, 11) is 0. The first-order chi connectivity index (χ1) is 8.11. The smallest absolute Gasteiger partial charge is 0.306 e. The Labute approximate surface area is 103 Å². The van der Waals surface area contributed by atoms with Gasteiger partial charge in [-0.25, -0.2) is 0 Å². The molecule has 0 heterocycles. The Kier molecular flexibility index (Phi) is 3.87. The molecule has 2 rings (SSSR count). The van der Waals surface area contributed by atoms with Gasteiger partial charge >= 0.3 is 5.97 Å². The molecule has 2 aliphatic rings. The molecule has 0 bridgehead atoms. The zero-order valence-corrected chi connectivity index (χ0v) is 10.5. The summed E-state index contributed by atoms with van der Waals surface area (Å²) in [4.78, 5) is 10.8. The van der Waals surface area contributed by atoms with E-state index in [0.29, 0.717) is 11.8 Å². The fourth-order valence-electron chi connectivity index (χ4n) is 2.74. The van der Waals surface area contributed by atoms with Crippen LogP contribution in [0.2, 0.25) is 0 Å². The summed E-state index contributed by atoms with van der Waals surface area (Å²) in [5.41, 5.74) is -0.341. The second-order valence-electron chi connectivity index (χ2n) is 5.60. The Hall–Kier alpha value is -0.830. The molecule has 0 aromatic carbocycles. The summed E-state index contributed by atoms with van der Waals surface area (Å²) < 4.78 is 5.97. The summed E-state index contributed by atoms with van der Waals surface area (Å²) in [5.74, 6) is 0.481. The van der Waals surface area contributed by atoms with Crippen molar-refractivity contribution in [2.75, 3.05) is 6.61 Å². The molecular formula is C14H22O3. The third-order valence-electron chi connectivity index (χ3n) is 4.26. The van der Waals surface area contributed by atoms with E-state index in [2.05, 4.69) is 19.1 Å². The van der Waals surface area contributed by atoms with Crippen LogP contribution in [-0.2, 0) is 9.53 Å². The quantitative estimate of drug-likeness (QED) is 0.749. The molecule has 0 radical (unpaired) electrons. The van der Waals surface area contributed by atoms with Gasteiger partial charge in [0.1, 0.15) is 0 Å². The molecule has 0 aromatic heterocycles. The van der Waals surface area contributed by atoms with Gasteiger partial charge in [-0.15, -0.1) is 0 Å². The number of ether oxygens (including phenoxy) is 1. The van der Waals surface area contributed by atoms with E-state index in [9.17, 15) is 4.79 Å². The molecule has 2 atom stereocenters. The van der Waals surface area contributed by atoms with Crippen molar-refractivity contribution < 1.29 is 14.6 Å². The molecule has 1 fully saturated rings. The Morgan fingerprint density at radius 2 is 2.12 bits per heavy atom. The molecule has 3 nitrogen and oxygen atoms in total. The molecule has 0 spiro atoms. The molecule has 3 heteroatoms. The minimum absolute atomic E-state index is 0.171. The molecule has 0 aromatic rings. The lowest BCUT2D eigenvalue weighted by Crippen LogP contribution is -2.43. The van der Waals surface area contributed by atoms with Crippen molar-refractivity contribution in [3.05, 3.63) is 12.2 Å². The van der Waals surface area contributed by atoms with Crippen LogP contribution in [0.25, 0.3) is 0 Å². The molecule has 1 saturated carbocycles. The average Bonchev–Trinajstić information content (AvgIpc) is 2.23. The summed E-state index contributed by atoms with van der Waals surface area (Å²) in [6.07, 6.45) is 9.75. The van der Waals surface area contributed by atoms with Crippen LogP contribution in [0.15, 0.2) is 12.2 Å². The first-order valence-corrected chi connectivity index (χ1v) is 6.62. The number of carbonyl (C=O) groups is 1. The highest BCUT2D eigenvalue weighted by atomic mass is 16.5. The summed E-state index contributed by atoms with van der Waals surface area (Å²) in [6.45, 7) is 2.97. The molecule has 0 aliphatic heterocycles. The maximum Gasteiger partial charge on any atom is 0.306 e. The van der Waals surface area contributed by atoms with Gasteiger partial charge in [0.05, 0.1) is 18.6 Å². The molecule has 2 aliphatic carbocycles. The van der Waals surface area contributed by atoms with Gasteiger partial charge < -0.3 is 9.84 Å². The average molecular weight is 238 g/mol. The third-order valence-corrected chi connectivity index (χ3v) is 4.26. The van der Waals surface area contributed by atoms with Crippen LogP contribution in [0.1, 0.15) is 45.4 Å². The topological polar surface area (TPSA) is 46.5 Å². The molecule has 0 saturated heterocycles. The van der Waals surface area contributed by atoms with Crippen LogP contribution < -0.4 is 0 Å². The highest BCUT2D eigenvalue weighted by molar-refractivity contribution is 5.68. The van der Waals surface area contributed by atoms with E-state index in [-0.39, 0.29) is 12.0 Å².